The predicted molar refractivity (Wildman–Crippen MR) is 80.2 cm³/mol. The molecule has 0 spiro atoms. The molecule has 0 bridgehead atoms. The van der Waals surface area contributed by atoms with E-state index in [4.69, 9.17) is 0 Å². The van der Waals surface area contributed by atoms with Crippen molar-refractivity contribution in [1.29, 1.82) is 0 Å². The van der Waals surface area contributed by atoms with Crippen LogP contribution in [0.25, 0.3) is 0 Å². The summed E-state index contributed by atoms with van der Waals surface area (Å²) < 4.78 is 1.88. The zero-order valence-corrected chi connectivity index (χ0v) is 12.4. The van der Waals surface area contributed by atoms with E-state index in [-0.39, 0.29) is 12.0 Å². The van der Waals surface area contributed by atoms with Crippen molar-refractivity contribution in [1.82, 2.24) is 14.7 Å². The lowest BCUT2D eigenvalue weighted by Gasteiger charge is -2.26. The van der Waals surface area contributed by atoms with Gasteiger partial charge in [-0.15, -0.1) is 6.58 Å². The average Bonchev–Trinajstić information content (AvgIpc) is 2.86. The highest BCUT2D eigenvalue weighted by Crippen LogP contribution is 2.26. The van der Waals surface area contributed by atoms with Crippen LogP contribution >= 0.6 is 0 Å². The number of hydrogen-bond donors (Lipinski definition) is 1. The molecule has 5 heteroatoms. The number of piperidine rings is 1. The number of carbonyl (C=O) groups is 1. The number of rotatable bonds is 3. The second kappa shape index (κ2) is 6.02. The van der Waals surface area contributed by atoms with Crippen LogP contribution in [0, 0.1) is 0 Å². The van der Waals surface area contributed by atoms with E-state index in [1.165, 1.54) is 6.42 Å². The number of aliphatic hydroxyl groups is 1. The van der Waals surface area contributed by atoms with Crippen LogP contribution in [0.4, 0.5) is 0 Å². The summed E-state index contributed by atoms with van der Waals surface area (Å²) in [4.78, 5) is 14.6. The standard InChI is InChI=1S/C16H23N3O2/c1-2-8-19-14-7-6-12(20)11-13(14)15(17-19)16(21)18-9-4-3-5-10-18/h2,12,20H,1,3-11H2. The second-order valence-corrected chi connectivity index (χ2v) is 5.99. The lowest BCUT2D eigenvalue weighted by molar-refractivity contribution is 0.0715. The molecule has 1 aromatic heterocycles. The van der Waals surface area contributed by atoms with Gasteiger partial charge in [0.25, 0.3) is 5.91 Å². The SMILES string of the molecule is C=CCn1nc(C(=O)N2CCCCC2)c2c1CCC(O)C2. The highest BCUT2D eigenvalue weighted by Gasteiger charge is 2.30. The molecule has 114 valence electrons. The van der Waals surface area contributed by atoms with Crippen molar-refractivity contribution >= 4 is 5.91 Å². The van der Waals surface area contributed by atoms with Gasteiger partial charge in [0.2, 0.25) is 0 Å². The van der Waals surface area contributed by atoms with Gasteiger partial charge < -0.3 is 10.0 Å². The van der Waals surface area contributed by atoms with Gasteiger partial charge in [-0.25, -0.2) is 0 Å². The summed E-state index contributed by atoms with van der Waals surface area (Å²) in [6.07, 6.45) is 6.86. The Labute approximate surface area is 125 Å². The van der Waals surface area contributed by atoms with Crippen molar-refractivity contribution in [2.24, 2.45) is 0 Å². The Balaban J connectivity index is 1.93. The van der Waals surface area contributed by atoms with Crippen LogP contribution in [0.5, 0.6) is 0 Å². The van der Waals surface area contributed by atoms with Gasteiger partial charge in [0.15, 0.2) is 5.69 Å². The summed E-state index contributed by atoms with van der Waals surface area (Å²) in [6, 6.07) is 0. The normalized spacial score (nSPS) is 22.0. The van der Waals surface area contributed by atoms with Gasteiger partial charge in [0.1, 0.15) is 0 Å². The number of likely N-dealkylation sites (tertiary alicyclic amines) is 1. The van der Waals surface area contributed by atoms with E-state index in [0.29, 0.717) is 18.7 Å². The quantitative estimate of drug-likeness (QED) is 0.859. The van der Waals surface area contributed by atoms with Gasteiger partial charge in [-0.2, -0.15) is 5.10 Å². The first-order valence-electron chi connectivity index (χ1n) is 7.87. The Morgan fingerprint density at radius 3 is 2.86 bits per heavy atom. The maximum atomic E-state index is 12.7. The van der Waals surface area contributed by atoms with Gasteiger partial charge in [-0.1, -0.05) is 6.08 Å². The minimum atomic E-state index is -0.355. The molecule has 5 nitrogen and oxygen atoms in total. The van der Waals surface area contributed by atoms with E-state index >= 15 is 0 Å². The molecule has 1 N–H and O–H groups in total. The molecular weight excluding hydrogens is 266 g/mol. The lowest BCUT2D eigenvalue weighted by Crippen LogP contribution is -2.36. The zero-order chi connectivity index (χ0) is 14.8. The van der Waals surface area contributed by atoms with E-state index in [2.05, 4.69) is 11.7 Å². The Bertz CT molecular complexity index is 544. The molecule has 0 radical (unpaired) electrons. The maximum absolute atomic E-state index is 12.7. The Morgan fingerprint density at radius 2 is 2.14 bits per heavy atom. The number of fused-ring (bicyclic) bond motifs is 1. The van der Waals surface area contributed by atoms with Crippen molar-refractivity contribution in [2.75, 3.05) is 13.1 Å². The maximum Gasteiger partial charge on any atom is 0.274 e. The molecule has 1 amide bonds. The monoisotopic (exact) mass is 289 g/mol. The third-order valence-electron chi connectivity index (χ3n) is 4.47. The molecule has 1 unspecified atom stereocenters. The zero-order valence-electron chi connectivity index (χ0n) is 12.4. The summed E-state index contributed by atoms with van der Waals surface area (Å²) >= 11 is 0. The second-order valence-electron chi connectivity index (χ2n) is 5.99. The van der Waals surface area contributed by atoms with Gasteiger partial charge in [0, 0.05) is 30.8 Å². The minimum absolute atomic E-state index is 0.0304. The van der Waals surface area contributed by atoms with Gasteiger partial charge in [-0.3, -0.25) is 9.48 Å². The number of nitrogens with zero attached hydrogens (tertiary/aromatic N) is 3. The largest absolute Gasteiger partial charge is 0.393 e. The Kier molecular flexibility index (Phi) is 4.10. The summed E-state index contributed by atoms with van der Waals surface area (Å²) in [5, 5.41) is 14.5. The van der Waals surface area contributed by atoms with Gasteiger partial charge in [0.05, 0.1) is 12.6 Å². The number of allylic oxidation sites excluding steroid dienone is 1. The van der Waals surface area contributed by atoms with Crippen molar-refractivity contribution in [3.8, 4) is 0 Å². The average molecular weight is 289 g/mol. The van der Waals surface area contributed by atoms with Gasteiger partial charge in [-0.05, 0) is 32.1 Å². The van der Waals surface area contributed by atoms with Crippen molar-refractivity contribution < 1.29 is 9.90 Å². The van der Waals surface area contributed by atoms with E-state index < -0.39 is 0 Å². The first kappa shape index (κ1) is 14.3. The molecule has 0 saturated carbocycles. The van der Waals surface area contributed by atoms with Crippen molar-refractivity contribution in [3.63, 3.8) is 0 Å². The first-order valence-corrected chi connectivity index (χ1v) is 7.87. The minimum Gasteiger partial charge on any atom is -0.393 e. The number of amides is 1. The molecule has 1 fully saturated rings. The highest BCUT2D eigenvalue weighted by atomic mass is 16.3. The van der Waals surface area contributed by atoms with Crippen molar-refractivity contribution in [3.05, 3.63) is 29.6 Å². The molecule has 3 rings (SSSR count). The summed E-state index contributed by atoms with van der Waals surface area (Å²) in [5.41, 5.74) is 2.60. The third-order valence-corrected chi connectivity index (χ3v) is 4.47. The van der Waals surface area contributed by atoms with Crippen molar-refractivity contribution in [2.45, 2.75) is 51.2 Å². The molecule has 1 aliphatic carbocycles. The number of hydrogen-bond acceptors (Lipinski definition) is 3. The van der Waals surface area contributed by atoms with Crippen LogP contribution in [0.1, 0.15) is 47.4 Å². The van der Waals surface area contributed by atoms with E-state index in [9.17, 15) is 9.90 Å². The molecule has 1 aromatic rings. The number of aliphatic hydroxyl groups excluding tert-OH is 1. The molecule has 2 aliphatic rings. The third kappa shape index (κ3) is 2.75. The van der Waals surface area contributed by atoms with Crippen LogP contribution in [0.2, 0.25) is 0 Å². The van der Waals surface area contributed by atoms with Crippen LogP contribution in [0.15, 0.2) is 12.7 Å². The smallest absolute Gasteiger partial charge is 0.274 e. The molecule has 1 saturated heterocycles. The van der Waals surface area contributed by atoms with Gasteiger partial charge >= 0.3 is 0 Å². The molecule has 1 aliphatic heterocycles. The molecule has 2 heterocycles. The van der Waals surface area contributed by atoms with Crippen LogP contribution in [-0.2, 0) is 19.4 Å². The fraction of sp³-hybridized carbons (Fsp3) is 0.625. The molecule has 0 aromatic carbocycles. The van der Waals surface area contributed by atoms with E-state index in [1.54, 1.807) is 6.08 Å². The predicted octanol–water partition coefficient (Wildman–Crippen LogP) is 1.54. The van der Waals surface area contributed by atoms with E-state index in [1.807, 2.05) is 9.58 Å². The Hall–Kier alpha value is -1.62. The van der Waals surface area contributed by atoms with Crippen LogP contribution < -0.4 is 0 Å². The number of carbonyl (C=O) groups excluding carboxylic acids is 1. The number of aromatic nitrogens is 2. The van der Waals surface area contributed by atoms with Crippen LogP contribution in [0.3, 0.4) is 0 Å². The molecular formula is C16H23N3O2. The summed E-state index contributed by atoms with van der Waals surface area (Å²) in [6.45, 7) is 6.02. The van der Waals surface area contributed by atoms with E-state index in [0.717, 1.165) is 50.0 Å². The fourth-order valence-electron chi connectivity index (χ4n) is 3.36. The molecule has 1 atom stereocenters. The fourth-order valence-corrected chi connectivity index (χ4v) is 3.36. The van der Waals surface area contributed by atoms with Crippen LogP contribution in [-0.4, -0.2) is 44.9 Å². The first-order chi connectivity index (χ1) is 10.2. The highest BCUT2D eigenvalue weighted by molar-refractivity contribution is 5.94. The molecule has 21 heavy (non-hydrogen) atoms. The summed E-state index contributed by atoms with van der Waals surface area (Å²) in [5.74, 6) is 0.0304. The lowest BCUT2D eigenvalue weighted by atomic mass is 9.93. The Morgan fingerprint density at radius 1 is 1.38 bits per heavy atom. The topological polar surface area (TPSA) is 58.4 Å². The summed E-state index contributed by atoms with van der Waals surface area (Å²) in [7, 11) is 0.